The molecule has 0 N–H and O–H groups in total. The van der Waals surface area contributed by atoms with E-state index in [1.165, 1.54) is 92.2 Å². The van der Waals surface area contributed by atoms with Gasteiger partial charge in [-0.15, -0.1) is 0 Å². The number of para-hydroxylation sites is 2. The molecule has 0 aliphatic carbocycles. The van der Waals surface area contributed by atoms with Crippen LogP contribution in [-0.4, -0.2) is 4.57 Å². The highest BCUT2D eigenvalue weighted by molar-refractivity contribution is 7.99. The minimum atomic E-state index is 1.18. The highest BCUT2D eigenvalue weighted by Crippen LogP contribution is 2.49. The van der Waals surface area contributed by atoms with E-state index in [0.717, 1.165) is 0 Å². The molecular formula is C44H27NS. The fourth-order valence-corrected chi connectivity index (χ4v) is 8.65. The van der Waals surface area contributed by atoms with Crippen molar-refractivity contribution in [1.82, 2.24) is 4.57 Å². The zero-order chi connectivity index (χ0) is 30.2. The fraction of sp³-hybridized carbons (Fsp3) is 0. The van der Waals surface area contributed by atoms with E-state index >= 15 is 0 Å². The van der Waals surface area contributed by atoms with Crippen LogP contribution in [0.4, 0.5) is 0 Å². The average molecular weight is 602 g/mol. The van der Waals surface area contributed by atoms with E-state index in [0.29, 0.717) is 0 Å². The van der Waals surface area contributed by atoms with E-state index in [1.54, 1.807) is 0 Å². The van der Waals surface area contributed by atoms with Gasteiger partial charge in [0.25, 0.3) is 0 Å². The van der Waals surface area contributed by atoms with Gasteiger partial charge in [0.05, 0.1) is 11.0 Å². The second kappa shape index (κ2) is 9.97. The predicted molar refractivity (Wildman–Crippen MR) is 196 cm³/mol. The van der Waals surface area contributed by atoms with Gasteiger partial charge >= 0.3 is 0 Å². The monoisotopic (exact) mass is 601 g/mol. The summed E-state index contributed by atoms with van der Waals surface area (Å²) in [6.07, 6.45) is 0. The molecule has 0 unspecified atom stereocenters. The van der Waals surface area contributed by atoms with Crippen molar-refractivity contribution in [1.29, 1.82) is 0 Å². The van der Waals surface area contributed by atoms with Crippen LogP contribution in [0.25, 0.3) is 82.4 Å². The molecule has 1 aliphatic rings. The third-order valence-corrected chi connectivity index (χ3v) is 10.7. The Morgan fingerprint density at radius 2 is 1.09 bits per heavy atom. The van der Waals surface area contributed by atoms with Crippen molar-refractivity contribution in [2.24, 2.45) is 0 Å². The number of hydrogen-bond acceptors (Lipinski definition) is 1. The van der Waals surface area contributed by atoms with Crippen LogP contribution in [0.15, 0.2) is 174 Å². The van der Waals surface area contributed by atoms with Gasteiger partial charge in [0.15, 0.2) is 0 Å². The van der Waals surface area contributed by atoms with Crippen molar-refractivity contribution in [3.63, 3.8) is 0 Å². The van der Waals surface area contributed by atoms with Crippen LogP contribution < -0.4 is 0 Å². The van der Waals surface area contributed by atoms with Crippen LogP contribution in [-0.2, 0) is 0 Å². The molecule has 0 amide bonds. The molecule has 0 bridgehead atoms. The lowest BCUT2D eigenvalue weighted by Gasteiger charge is -2.21. The van der Waals surface area contributed by atoms with E-state index in [1.807, 2.05) is 11.8 Å². The Kier molecular flexibility index (Phi) is 5.58. The summed E-state index contributed by atoms with van der Waals surface area (Å²) in [6.45, 7) is 0. The summed E-state index contributed by atoms with van der Waals surface area (Å²) in [7, 11) is 0. The molecule has 0 atom stereocenters. The molecule has 2 heteroatoms. The average Bonchev–Trinajstić information content (AvgIpc) is 3.47. The van der Waals surface area contributed by atoms with Crippen molar-refractivity contribution < 1.29 is 0 Å². The van der Waals surface area contributed by atoms with E-state index in [4.69, 9.17) is 0 Å². The van der Waals surface area contributed by atoms with Crippen molar-refractivity contribution in [3.05, 3.63) is 164 Å². The van der Waals surface area contributed by atoms with Crippen molar-refractivity contribution >= 4 is 55.1 Å². The Labute approximate surface area is 271 Å². The SMILES string of the molecule is c1ccc(-n2c3ccccc3c3c4cccc(-c5ccc(-c6ccc7c(c6)-c6cccc8cccc(c68)S7)cc5)c4ccc32)cc1. The molecule has 0 saturated heterocycles. The summed E-state index contributed by atoms with van der Waals surface area (Å²) in [4.78, 5) is 2.66. The molecule has 8 aromatic carbocycles. The summed E-state index contributed by atoms with van der Waals surface area (Å²) < 4.78 is 2.39. The van der Waals surface area contributed by atoms with E-state index < -0.39 is 0 Å². The summed E-state index contributed by atoms with van der Waals surface area (Å²) in [5.74, 6) is 0. The maximum Gasteiger partial charge on any atom is 0.0547 e. The van der Waals surface area contributed by atoms with Gasteiger partial charge in [-0.2, -0.15) is 0 Å². The van der Waals surface area contributed by atoms with Crippen LogP contribution in [0.2, 0.25) is 0 Å². The smallest absolute Gasteiger partial charge is 0.0547 e. The first kappa shape index (κ1) is 25.7. The van der Waals surface area contributed by atoms with E-state index in [9.17, 15) is 0 Å². The first-order valence-corrected chi connectivity index (χ1v) is 16.6. The minimum absolute atomic E-state index is 1.18. The Bertz CT molecular complexity index is 2640. The van der Waals surface area contributed by atoms with Gasteiger partial charge in [0.2, 0.25) is 0 Å². The Balaban J connectivity index is 1.09. The Hall–Kier alpha value is -5.57. The molecular weight excluding hydrogens is 575 g/mol. The van der Waals surface area contributed by atoms with Gasteiger partial charge in [-0.3, -0.25) is 0 Å². The molecule has 9 aromatic rings. The molecule has 1 aromatic heterocycles. The topological polar surface area (TPSA) is 4.93 Å². The van der Waals surface area contributed by atoms with Gasteiger partial charge in [-0.05, 0) is 92.0 Å². The van der Waals surface area contributed by atoms with Crippen LogP contribution in [0.5, 0.6) is 0 Å². The Morgan fingerprint density at radius 1 is 0.370 bits per heavy atom. The maximum absolute atomic E-state index is 2.39. The Morgan fingerprint density at radius 3 is 1.98 bits per heavy atom. The van der Waals surface area contributed by atoms with Gasteiger partial charge in [-0.1, -0.05) is 133 Å². The van der Waals surface area contributed by atoms with Crippen LogP contribution >= 0.6 is 11.8 Å². The molecule has 2 heterocycles. The van der Waals surface area contributed by atoms with Gasteiger partial charge in [0.1, 0.15) is 0 Å². The number of benzene rings is 8. The highest BCUT2D eigenvalue weighted by Gasteiger charge is 2.20. The molecule has 1 nitrogen and oxygen atoms in total. The number of hydrogen-bond donors (Lipinski definition) is 0. The molecule has 0 saturated carbocycles. The zero-order valence-electron chi connectivity index (χ0n) is 24.9. The molecule has 10 rings (SSSR count). The minimum Gasteiger partial charge on any atom is -0.309 e. The first-order chi connectivity index (χ1) is 22.8. The highest BCUT2D eigenvalue weighted by atomic mass is 32.2. The summed E-state index contributed by atoms with van der Waals surface area (Å²) in [5, 5.41) is 7.82. The zero-order valence-corrected chi connectivity index (χ0v) is 25.8. The number of rotatable bonds is 3. The lowest BCUT2D eigenvalue weighted by molar-refractivity contribution is 1.18. The molecule has 214 valence electrons. The van der Waals surface area contributed by atoms with E-state index in [-0.39, 0.29) is 0 Å². The predicted octanol–water partition coefficient (Wildman–Crippen LogP) is 12.6. The standard InChI is InChI=1S/C44H27NS/c1-2-11-32(12-3-1)45-39-17-5-4-13-37(39)44-35-16-8-14-33(34(35)24-25-40(44)45)29-21-19-28(20-22-29)31-23-26-41-38(27-31)36-15-6-9-30-10-7-18-42(46-41)43(30)36/h1-27H. The number of fused-ring (bicyclic) bond motifs is 7. The summed E-state index contributed by atoms with van der Waals surface area (Å²) in [6, 6.07) is 60.2. The normalized spacial score (nSPS) is 12.3. The largest absolute Gasteiger partial charge is 0.309 e. The second-order valence-corrected chi connectivity index (χ2v) is 13.2. The second-order valence-electron chi connectivity index (χ2n) is 12.1. The number of aromatic nitrogens is 1. The van der Waals surface area contributed by atoms with Crippen LogP contribution in [0.1, 0.15) is 0 Å². The first-order valence-electron chi connectivity index (χ1n) is 15.8. The number of nitrogens with zero attached hydrogens (tertiary/aromatic N) is 1. The van der Waals surface area contributed by atoms with Crippen LogP contribution in [0.3, 0.4) is 0 Å². The molecule has 46 heavy (non-hydrogen) atoms. The van der Waals surface area contributed by atoms with Crippen molar-refractivity contribution in [2.45, 2.75) is 9.79 Å². The molecule has 1 aliphatic heterocycles. The van der Waals surface area contributed by atoms with Gasteiger partial charge in [0, 0.05) is 31.6 Å². The molecule has 0 radical (unpaired) electrons. The third-order valence-electron chi connectivity index (χ3n) is 9.59. The van der Waals surface area contributed by atoms with Gasteiger partial charge < -0.3 is 4.57 Å². The van der Waals surface area contributed by atoms with Crippen LogP contribution in [0, 0.1) is 0 Å². The third kappa shape index (κ3) is 3.77. The quantitative estimate of drug-likeness (QED) is 0.195. The summed E-state index contributed by atoms with van der Waals surface area (Å²) >= 11 is 1.88. The lowest BCUT2D eigenvalue weighted by Crippen LogP contribution is -1.93. The molecule has 0 fully saturated rings. The lowest BCUT2D eigenvalue weighted by atomic mass is 9.92. The fourth-order valence-electron chi connectivity index (χ4n) is 7.52. The van der Waals surface area contributed by atoms with Gasteiger partial charge in [-0.25, -0.2) is 0 Å². The molecule has 0 spiro atoms. The maximum atomic E-state index is 2.39. The van der Waals surface area contributed by atoms with Crippen molar-refractivity contribution in [2.75, 3.05) is 0 Å². The summed E-state index contributed by atoms with van der Waals surface area (Å²) in [5.41, 5.74) is 11.3. The van der Waals surface area contributed by atoms with Crippen molar-refractivity contribution in [3.8, 4) is 39.1 Å². The van der Waals surface area contributed by atoms with E-state index in [2.05, 4.69) is 168 Å².